The van der Waals surface area contributed by atoms with Crippen molar-refractivity contribution in [1.29, 1.82) is 0 Å². The molecule has 0 saturated heterocycles. The second-order valence-electron chi connectivity index (χ2n) is 9.62. The van der Waals surface area contributed by atoms with Crippen molar-refractivity contribution in [3.63, 3.8) is 0 Å². The maximum Gasteiger partial charge on any atom is 0.315 e. The molecule has 6 rings (SSSR count). The van der Waals surface area contributed by atoms with Gasteiger partial charge < -0.3 is 14.2 Å². The number of fused-ring (bicyclic) bond motifs is 4. The van der Waals surface area contributed by atoms with Crippen LogP contribution in [0, 0.1) is 0 Å². The van der Waals surface area contributed by atoms with Crippen LogP contribution >= 0.6 is 0 Å². The summed E-state index contributed by atoms with van der Waals surface area (Å²) < 4.78 is 7.51. The fourth-order valence-corrected chi connectivity index (χ4v) is 5.85. The normalized spacial score (nSPS) is 17.2. The number of nitrogens with zero attached hydrogens (tertiary/aromatic N) is 2. The highest BCUT2D eigenvalue weighted by molar-refractivity contribution is 6.08. The quantitative estimate of drug-likeness (QED) is 0.284. The lowest BCUT2D eigenvalue weighted by Gasteiger charge is -2.41. The average molecular weight is 489 g/mol. The number of amides is 1. The number of esters is 1. The fourth-order valence-electron chi connectivity index (χ4n) is 5.85. The molecule has 0 aliphatic carbocycles. The predicted octanol–water partition coefficient (Wildman–Crippen LogP) is 6.03. The van der Waals surface area contributed by atoms with Gasteiger partial charge in [-0.05, 0) is 47.4 Å². The zero-order valence-corrected chi connectivity index (χ0v) is 20.9. The van der Waals surface area contributed by atoms with Gasteiger partial charge in [0, 0.05) is 41.0 Å². The largest absolute Gasteiger partial charge is 0.468 e. The third-order valence-corrected chi connectivity index (χ3v) is 7.66. The summed E-state index contributed by atoms with van der Waals surface area (Å²) in [5.41, 5.74) is 5.61. The second-order valence-corrected chi connectivity index (χ2v) is 9.62. The van der Waals surface area contributed by atoms with E-state index in [1.165, 1.54) is 7.11 Å². The third kappa shape index (κ3) is 3.78. The van der Waals surface area contributed by atoms with Crippen molar-refractivity contribution < 1.29 is 14.3 Å². The van der Waals surface area contributed by atoms with Crippen LogP contribution < -0.4 is 0 Å². The molecule has 2 heterocycles. The molecule has 4 aromatic carbocycles. The maximum absolute atomic E-state index is 13.9. The predicted molar refractivity (Wildman–Crippen MR) is 146 cm³/mol. The number of ether oxygens (including phenoxy) is 1. The molecule has 37 heavy (non-hydrogen) atoms. The van der Waals surface area contributed by atoms with Gasteiger partial charge in [0.1, 0.15) is 5.92 Å². The zero-order chi connectivity index (χ0) is 25.5. The van der Waals surface area contributed by atoms with Crippen LogP contribution in [0.4, 0.5) is 0 Å². The summed E-state index contributed by atoms with van der Waals surface area (Å²) in [5, 5.41) is 2.25. The molecule has 0 unspecified atom stereocenters. The minimum atomic E-state index is -0.623. The Bertz CT molecular complexity index is 1640. The summed E-state index contributed by atoms with van der Waals surface area (Å²) in [6, 6.07) is 31.7. The summed E-state index contributed by atoms with van der Waals surface area (Å²) in [6.07, 6.45) is 0.690. The van der Waals surface area contributed by atoms with Crippen LogP contribution in [-0.2, 0) is 23.0 Å². The van der Waals surface area contributed by atoms with Gasteiger partial charge >= 0.3 is 5.97 Å². The van der Waals surface area contributed by atoms with Crippen molar-refractivity contribution in [3.8, 4) is 0 Å². The van der Waals surface area contributed by atoms with E-state index < -0.39 is 12.0 Å². The van der Waals surface area contributed by atoms with E-state index in [-0.39, 0.29) is 11.9 Å². The lowest BCUT2D eigenvalue weighted by atomic mass is 9.79. The van der Waals surface area contributed by atoms with E-state index in [0.717, 1.165) is 38.5 Å². The van der Waals surface area contributed by atoms with Crippen LogP contribution in [0.5, 0.6) is 0 Å². The van der Waals surface area contributed by atoms with Crippen LogP contribution in [0.2, 0.25) is 0 Å². The Kier molecular flexibility index (Phi) is 5.76. The molecule has 2 atom stereocenters. The molecule has 1 amide bonds. The highest BCUT2D eigenvalue weighted by Gasteiger charge is 2.44. The van der Waals surface area contributed by atoms with Crippen LogP contribution in [0.15, 0.2) is 97.1 Å². The van der Waals surface area contributed by atoms with Crippen LogP contribution in [0.3, 0.4) is 0 Å². The molecule has 1 aliphatic heterocycles. The maximum atomic E-state index is 13.9. The molecule has 0 radical (unpaired) electrons. The average Bonchev–Trinajstić information content (AvgIpc) is 3.24. The molecular formula is C32H28N2O3. The molecule has 0 N–H and O–H groups in total. The first-order valence-electron chi connectivity index (χ1n) is 12.6. The van der Waals surface area contributed by atoms with Gasteiger partial charge in [-0.15, -0.1) is 0 Å². The smallest absolute Gasteiger partial charge is 0.315 e. The number of carbonyl (C=O) groups excluding carboxylic acids is 2. The molecule has 0 saturated carbocycles. The first-order chi connectivity index (χ1) is 18.1. The number of para-hydroxylation sites is 1. The summed E-state index contributed by atoms with van der Waals surface area (Å²) >= 11 is 0. The molecule has 5 heteroatoms. The van der Waals surface area contributed by atoms with Crippen molar-refractivity contribution in [2.45, 2.75) is 18.4 Å². The van der Waals surface area contributed by atoms with Gasteiger partial charge in [-0.2, -0.15) is 0 Å². The SMILES string of the molecule is COC(=O)[C@H]1c2ccccc2C(=O)N(CCc2ccccc2)[C@H]1c1ccc2c(c1)c1ccccc1n2C. The van der Waals surface area contributed by atoms with E-state index in [4.69, 9.17) is 4.74 Å². The zero-order valence-electron chi connectivity index (χ0n) is 20.9. The topological polar surface area (TPSA) is 51.5 Å². The van der Waals surface area contributed by atoms with Gasteiger partial charge in [0.15, 0.2) is 0 Å². The molecule has 5 nitrogen and oxygen atoms in total. The Morgan fingerprint density at radius 3 is 2.35 bits per heavy atom. The molecule has 5 aromatic rings. The molecule has 0 spiro atoms. The Balaban J connectivity index is 1.54. The number of hydrogen-bond acceptors (Lipinski definition) is 3. The van der Waals surface area contributed by atoms with E-state index in [1.807, 2.05) is 59.5 Å². The minimum absolute atomic E-state index is 0.0605. The Hall–Kier alpha value is -4.38. The minimum Gasteiger partial charge on any atom is -0.468 e. The van der Waals surface area contributed by atoms with Gasteiger partial charge in [-0.25, -0.2) is 0 Å². The van der Waals surface area contributed by atoms with Gasteiger partial charge in [0.25, 0.3) is 5.91 Å². The molecule has 1 aliphatic rings. The van der Waals surface area contributed by atoms with Crippen molar-refractivity contribution in [3.05, 3.63) is 119 Å². The van der Waals surface area contributed by atoms with Crippen molar-refractivity contribution in [1.82, 2.24) is 9.47 Å². The van der Waals surface area contributed by atoms with Gasteiger partial charge in [0.2, 0.25) is 0 Å². The molecule has 0 fully saturated rings. The lowest BCUT2D eigenvalue weighted by molar-refractivity contribution is -0.144. The van der Waals surface area contributed by atoms with Crippen molar-refractivity contribution in [2.24, 2.45) is 7.05 Å². The highest BCUT2D eigenvalue weighted by Crippen LogP contribution is 2.44. The van der Waals surface area contributed by atoms with E-state index in [9.17, 15) is 9.59 Å². The number of aryl methyl sites for hydroxylation is 1. The number of rotatable bonds is 5. The molecular weight excluding hydrogens is 460 g/mol. The van der Waals surface area contributed by atoms with Crippen molar-refractivity contribution in [2.75, 3.05) is 13.7 Å². The third-order valence-electron chi connectivity index (χ3n) is 7.66. The molecule has 1 aromatic heterocycles. The van der Waals surface area contributed by atoms with Gasteiger partial charge in [-0.3, -0.25) is 9.59 Å². The van der Waals surface area contributed by atoms with Crippen LogP contribution in [-0.4, -0.2) is 35.0 Å². The Morgan fingerprint density at radius 1 is 0.838 bits per heavy atom. The van der Waals surface area contributed by atoms with Crippen LogP contribution in [0.1, 0.15) is 39.0 Å². The summed E-state index contributed by atoms with van der Waals surface area (Å²) in [4.78, 5) is 29.1. The standard InChI is InChI=1S/C32H28N2O3/c1-33-27-15-9-8-12-23(27)26-20-22(16-17-28(26)33)30-29(32(36)37-2)24-13-6-7-14-25(24)31(35)34(30)19-18-21-10-4-3-5-11-21/h3-17,20,29-30H,18-19H2,1-2H3/t29-,30-/m0/s1. The monoisotopic (exact) mass is 488 g/mol. The fraction of sp³-hybridized carbons (Fsp3) is 0.188. The number of benzene rings is 4. The number of aromatic nitrogens is 1. The lowest BCUT2D eigenvalue weighted by Crippen LogP contribution is -2.46. The van der Waals surface area contributed by atoms with E-state index in [1.54, 1.807) is 0 Å². The number of hydrogen-bond donors (Lipinski definition) is 0. The second kappa shape index (κ2) is 9.25. The van der Waals surface area contributed by atoms with E-state index >= 15 is 0 Å². The Labute approximate surface area is 215 Å². The van der Waals surface area contributed by atoms with Crippen molar-refractivity contribution >= 4 is 33.7 Å². The summed E-state index contributed by atoms with van der Waals surface area (Å²) in [6.45, 7) is 0.489. The van der Waals surface area contributed by atoms with Gasteiger partial charge in [-0.1, -0.05) is 72.8 Å². The van der Waals surface area contributed by atoms with E-state index in [2.05, 4.69) is 54.1 Å². The molecule has 184 valence electrons. The summed E-state index contributed by atoms with van der Waals surface area (Å²) in [7, 11) is 3.48. The first kappa shape index (κ1) is 23.0. The van der Waals surface area contributed by atoms with Gasteiger partial charge in [0.05, 0.1) is 13.2 Å². The Morgan fingerprint density at radius 2 is 1.54 bits per heavy atom. The highest BCUT2D eigenvalue weighted by atomic mass is 16.5. The van der Waals surface area contributed by atoms with Crippen LogP contribution in [0.25, 0.3) is 21.8 Å². The number of carbonyl (C=O) groups is 2. The van der Waals surface area contributed by atoms with E-state index in [0.29, 0.717) is 18.5 Å². The molecule has 0 bridgehead atoms. The number of methoxy groups -OCH3 is 1. The first-order valence-corrected chi connectivity index (χ1v) is 12.6. The summed E-state index contributed by atoms with van der Waals surface area (Å²) in [5.74, 6) is -1.02.